The van der Waals surface area contributed by atoms with Gasteiger partial charge in [-0.3, -0.25) is 10.1 Å². The van der Waals surface area contributed by atoms with E-state index in [0.717, 1.165) is 0 Å². The van der Waals surface area contributed by atoms with E-state index < -0.39 is 10.9 Å². The number of hydrogen-bond donors (Lipinski definition) is 0. The van der Waals surface area contributed by atoms with Crippen molar-refractivity contribution in [3.05, 3.63) is 57.6 Å². The molecule has 0 aliphatic carbocycles. The number of ether oxygens (including phenoxy) is 4. The van der Waals surface area contributed by atoms with E-state index in [-0.39, 0.29) is 17.9 Å². The Balaban J connectivity index is 2.28. The van der Waals surface area contributed by atoms with Crippen molar-refractivity contribution in [2.24, 2.45) is 0 Å². The van der Waals surface area contributed by atoms with Crippen LogP contribution < -0.4 is 14.2 Å². The molecule has 0 aliphatic heterocycles. The number of benzene rings is 2. The van der Waals surface area contributed by atoms with Crippen LogP contribution in [0.1, 0.15) is 36.7 Å². The van der Waals surface area contributed by atoms with E-state index in [9.17, 15) is 14.9 Å². The molecular formula is C20H23NO7. The predicted molar refractivity (Wildman–Crippen MR) is 102 cm³/mol. The monoisotopic (exact) mass is 389 g/mol. The van der Waals surface area contributed by atoms with Crippen molar-refractivity contribution in [2.75, 3.05) is 19.8 Å². The van der Waals surface area contributed by atoms with E-state index in [1.807, 2.05) is 20.8 Å². The van der Waals surface area contributed by atoms with Gasteiger partial charge in [-0.2, -0.15) is 0 Å². The maximum Gasteiger partial charge on any atom is 0.338 e. The molecule has 8 heteroatoms. The van der Waals surface area contributed by atoms with E-state index in [2.05, 4.69) is 0 Å². The first-order valence-corrected chi connectivity index (χ1v) is 8.97. The second-order valence-corrected chi connectivity index (χ2v) is 5.56. The van der Waals surface area contributed by atoms with Gasteiger partial charge in [-0.25, -0.2) is 4.79 Å². The average molecular weight is 389 g/mol. The number of nitro groups is 1. The summed E-state index contributed by atoms with van der Waals surface area (Å²) in [5.74, 6) is 0.505. The van der Waals surface area contributed by atoms with Crippen molar-refractivity contribution in [3.63, 3.8) is 0 Å². The summed E-state index contributed by atoms with van der Waals surface area (Å²) in [5, 5.41) is 11.1. The molecule has 0 bridgehead atoms. The molecule has 28 heavy (non-hydrogen) atoms. The van der Waals surface area contributed by atoms with Crippen LogP contribution in [0.3, 0.4) is 0 Å². The van der Waals surface area contributed by atoms with Gasteiger partial charge in [0, 0.05) is 6.07 Å². The minimum Gasteiger partial charge on any atom is -0.490 e. The highest BCUT2D eigenvalue weighted by Gasteiger charge is 2.20. The number of esters is 1. The molecule has 0 N–H and O–H groups in total. The molecule has 0 heterocycles. The van der Waals surface area contributed by atoms with Crippen molar-refractivity contribution >= 4 is 11.7 Å². The summed E-state index contributed by atoms with van der Waals surface area (Å²) < 4.78 is 22.0. The first-order valence-electron chi connectivity index (χ1n) is 8.97. The molecule has 0 amide bonds. The first-order chi connectivity index (χ1) is 13.5. The smallest absolute Gasteiger partial charge is 0.338 e. The second-order valence-electron chi connectivity index (χ2n) is 5.56. The van der Waals surface area contributed by atoms with Gasteiger partial charge in [0.1, 0.15) is 6.61 Å². The predicted octanol–water partition coefficient (Wildman–Crippen LogP) is 4.15. The molecule has 0 spiro atoms. The molecule has 0 unspecified atom stereocenters. The quantitative estimate of drug-likeness (QED) is 0.342. The Bertz CT molecular complexity index is 808. The molecule has 0 aliphatic rings. The number of rotatable bonds is 10. The van der Waals surface area contributed by atoms with Gasteiger partial charge in [-0.15, -0.1) is 0 Å². The molecule has 2 rings (SSSR count). The largest absolute Gasteiger partial charge is 0.490 e. The molecule has 150 valence electrons. The molecule has 0 saturated heterocycles. The summed E-state index contributed by atoms with van der Waals surface area (Å²) in [6, 6.07) is 9.13. The fourth-order valence-electron chi connectivity index (χ4n) is 2.54. The highest BCUT2D eigenvalue weighted by molar-refractivity contribution is 5.91. The summed E-state index contributed by atoms with van der Waals surface area (Å²) in [4.78, 5) is 23.1. The van der Waals surface area contributed by atoms with Crippen LogP contribution in [-0.2, 0) is 11.3 Å². The third-order valence-corrected chi connectivity index (χ3v) is 3.69. The van der Waals surface area contributed by atoms with Crippen molar-refractivity contribution in [3.8, 4) is 17.2 Å². The topological polar surface area (TPSA) is 97.1 Å². The summed E-state index contributed by atoms with van der Waals surface area (Å²) >= 11 is 0. The van der Waals surface area contributed by atoms with Gasteiger partial charge in [-0.1, -0.05) is 12.1 Å². The Morgan fingerprint density at radius 2 is 1.54 bits per heavy atom. The molecule has 8 nitrogen and oxygen atoms in total. The molecule has 0 aromatic heterocycles. The Morgan fingerprint density at radius 1 is 0.964 bits per heavy atom. The zero-order chi connectivity index (χ0) is 20.5. The number of nitro benzene ring substituents is 1. The molecule has 2 aromatic rings. The van der Waals surface area contributed by atoms with Crippen LogP contribution in [0.4, 0.5) is 5.69 Å². The fourth-order valence-corrected chi connectivity index (χ4v) is 2.54. The average Bonchev–Trinajstić information content (AvgIpc) is 2.68. The zero-order valence-electron chi connectivity index (χ0n) is 16.1. The van der Waals surface area contributed by atoms with Gasteiger partial charge < -0.3 is 18.9 Å². The maximum atomic E-state index is 12.5. The lowest BCUT2D eigenvalue weighted by Crippen LogP contribution is -2.09. The third-order valence-electron chi connectivity index (χ3n) is 3.69. The molecule has 0 radical (unpaired) electrons. The summed E-state index contributed by atoms with van der Waals surface area (Å²) in [7, 11) is 0. The Labute approximate surface area is 163 Å². The van der Waals surface area contributed by atoms with Gasteiger partial charge in [0.15, 0.2) is 11.5 Å². The zero-order valence-corrected chi connectivity index (χ0v) is 16.1. The fraction of sp³-hybridized carbons (Fsp3) is 0.350. The van der Waals surface area contributed by atoms with E-state index in [0.29, 0.717) is 42.6 Å². The van der Waals surface area contributed by atoms with Crippen molar-refractivity contribution < 1.29 is 28.7 Å². The Morgan fingerprint density at radius 3 is 2.07 bits per heavy atom. The van der Waals surface area contributed by atoms with Crippen molar-refractivity contribution in [2.45, 2.75) is 27.4 Å². The summed E-state index contributed by atoms with van der Waals surface area (Å²) in [5.41, 5.74) is 0.405. The van der Waals surface area contributed by atoms with Crippen LogP contribution in [0.5, 0.6) is 17.2 Å². The summed E-state index contributed by atoms with van der Waals surface area (Å²) in [6.45, 7) is 6.39. The van der Waals surface area contributed by atoms with Crippen LogP contribution in [0.2, 0.25) is 0 Å². The van der Waals surface area contributed by atoms with E-state index in [1.54, 1.807) is 18.2 Å². The molecule has 0 atom stereocenters. The second kappa shape index (κ2) is 10.1. The van der Waals surface area contributed by atoms with Gasteiger partial charge in [0.05, 0.1) is 35.9 Å². The van der Waals surface area contributed by atoms with Crippen molar-refractivity contribution in [1.29, 1.82) is 0 Å². The van der Waals surface area contributed by atoms with Crippen LogP contribution in [0, 0.1) is 10.1 Å². The highest BCUT2D eigenvalue weighted by atomic mass is 16.6. The van der Waals surface area contributed by atoms with Crippen LogP contribution in [-0.4, -0.2) is 30.7 Å². The SMILES string of the molecule is CCOc1cc(C(=O)OCc2ccccc2[N+](=O)[O-])cc(OCC)c1OCC. The van der Waals surface area contributed by atoms with Gasteiger partial charge in [0.25, 0.3) is 5.69 Å². The summed E-state index contributed by atoms with van der Waals surface area (Å²) in [6.07, 6.45) is 0. The number of carbonyl (C=O) groups is 1. The lowest BCUT2D eigenvalue weighted by Gasteiger charge is -2.16. The van der Waals surface area contributed by atoms with Crippen LogP contribution in [0.25, 0.3) is 0 Å². The van der Waals surface area contributed by atoms with E-state index in [1.165, 1.54) is 18.2 Å². The van der Waals surface area contributed by atoms with Crippen molar-refractivity contribution in [1.82, 2.24) is 0 Å². The lowest BCUT2D eigenvalue weighted by molar-refractivity contribution is -0.385. The van der Waals surface area contributed by atoms with Gasteiger partial charge >= 0.3 is 5.97 Å². The number of hydrogen-bond acceptors (Lipinski definition) is 7. The van der Waals surface area contributed by atoms with Crippen LogP contribution >= 0.6 is 0 Å². The molecule has 0 saturated carbocycles. The van der Waals surface area contributed by atoms with Crippen LogP contribution in [0.15, 0.2) is 36.4 Å². The standard InChI is InChI=1S/C20H23NO7/c1-4-25-17-11-15(12-18(26-5-2)19(17)27-6-3)20(22)28-13-14-9-7-8-10-16(14)21(23)24/h7-12H,4-6,13H2,1-3H3. The Kier molecular flexibility index (Phi) is 7.62. The van der Waals surface area contributed by atoms with Gasteiger partial charge in [0.2, 0.25) is 5.75 Å². The Hall–Kier alpha value is -3.29. The van der Waals surface area contributed by atoms with E-state index in [4.69, 9.17) is 18.9 Å². The van der Waals surface area contributed by atoms with Gasteiger partial charge in [-0.05, 0) is 39.0 Å². The lowest BCUT2D eigenvalue weighted by atomic mass is 10.1. The highest BCUT2D eigenvalue weighted by Crippen LogP contribution is 2.39. The minimum atomic E-state index is -0.650. The number of para-hydroxylation sites is 1. The molecule has 2 aromatic carbocycles. The minimum absolute atomic E-state index is 0.105. The number of nitrogens with zero attached hydrogens (tertiary/aromatic N) is 1. The first kappa shape index (κ1) is 21.0. The number of carbonyl (C=O) groups excluding carboxylic acids is 1. The maximum absolute atomic E-state index is 12.5. The third kappa shape index (κ3) is 5.12. The molecule has 0 fully saturated rings. The normalized spacial score (nSPS) is 10.2. The molecular weight excluding hydrogens is 366 g/mol. The van der Waals surface area contributed by atoms with E-state index >= 15 is 0 Å².